The Morgan fingerprint density at radius 2 is 1.52 bits per heavy atom. The van der Waals surface area contributed by atoms with E-state index in [9.17, 15) is 4.79 Å². The van der Waals surface area contributed by atoms with Gasteiger partial charge in [-0.3, -0.25) is 9.69 Å². The van der Waals surface area contributed by atoms with Crippen molar-refractivity contribution in [3.63, 3.8) is 0 Å². The van der Waals surface area contributed by atoms with Crippen molar-refractivity contribution in [2.75, 3.05) is 52.5 Å². The number of halogens is 2. The highest BCUT2D eigenvalue weighted by Gasteiger charge is 2.41. The third-order valence-corrected chi connectivity index (χ3v) is 5.88. The number of hydrogen-bond acceptors (Lipinski definition) is 4. The number of benzene rings is 1. The van der Waals surface area contributed by atoms with Gasteiger partial charge in [0.15, 0.2) is 0 Å². The molecular weight excluding hydrogens is 383 g/mol. The van der Waals surface area contributed by atoms with Crippen LogP contribution in [0.3, 0.4) is 0 Å². The van der Waals surface area contributed by atoms with E-state index in [1.165, 1.54) is 5.56 Å². The third kappa shape index (κ3) is 6.16. The van der Waals surface area contributed by atoms with Gasteiger partial charge >= 0.3 is 0 Å². The molecule has 0 spiro atoms. The van der Waals surface area contributed by atoms with Gasteiger partial charge in [-0.25, -0.2) is 0 Å². The number of rotatable bonds is 7. The van der Waals surface area contributed by atoms with Gasteiger partial charge < -0.3 is 9.64 Å². The molecule has 0 unspecified atom stereocenters. The van der Waals surface area contributed by atoms with Crippen LogP contribution in [0.2, 0.25) is 0 Å². The van der Waals surface area contributed by atoms with Crippen molar-refractivity contribution >= 4 is 30.6 Å². The summed E-state index contributed by atoms with van der Waals surface area (Å²) in [4.78, 5) is 18.0. The molecule has 1 aromatic carbocycles. The predicted molar refractivity (Wildman–Crippen MR) is 115 cm³/mol. The highest BCUT2D eigenvalue weighted by atomic mass is 35.5. The fraction of sp³-hybridized carbons (Fsp3) is 0.667. The van der Waals surface area contributed by atoms with Crippen molar-refractivity contribution in [2.45, 2.75) is 38.0 Å². The first-order valence-corrected chi connectivity index (χ1v) is 9.86. The molecule has 0 amide bonds. The van der Waals surface area contributed by atoms with Crippen LogP contribution in [0.1, 0.15) is 38.2 Å². The number of ether oxygens (including phenoxy) is 1. The van der Waals surface area contributed by atoms with Crippen LogP contribution in [-0.2, 0) is 14.9 Å². The topological polar surface area (TPSA) is 32.8 Å². The molecule has 0 N–H and O–H groups in total. The number of likely N-dealkylation sites (tertiary alicyclic amines) is 1. The van der Waals surface area contributed by atoms with Crippen LogP contribution in [0.5, 0.6) is 0 Å². The lowest BCUT2D eigenvalue weighted by Crippen LogP contribution is -2.49. The van der Waals surface area contributed by atoms with Gasteiger partial charge in [0.2, 0.25) is 0 Å². The number of ketones is 1. The first-order valence-electron chi connectivity index (χ1n) is 9.86. The SMILES string of the molecule is CCCC(=O)C1(c2ccccc2)CCN(CCN2CCOCC2)CC1.Cl.Cl. The molecule has 3 rings (SSSR count). The van der Waals surface area contributed by atoms with E-state index in [4.69, 9.17) is 4.74 Å². The molecule has 2 saturated heterocycles. The number of morpholine rings is 1. The van der Waals surface area contributed by atoms with Crippen molar-refractivity contribution in [2.24, 2.45) is 0 Å². The summed E-state index contributed by atoms with van der Waals surface area (Å²) in [6.07, 6.45) is 3.55. The summed E-state index contributed by atoms with van der Waals surface area (Å²) in [5.74, 6) is 0.439. The lowest BCUT2D eigenvalue weighted by molar-refractivity contribution is -0.126. The van der Waals surface area contributed by atoms with Gasteiger partial charge in [-0.1, -0.05) is 37.3 Å². The fourth-order valence-electron chi connectivity index (χ4n) is 4.22. The maximum atomic E-state index is 13.0. The maximum absolute atomic E-state index is 13.0. The molecule has 0 aromatic heterocycles. The number of hydrogen-bond donors (Lipinski definition) is 0. The normalized spacial score (nSPS) is 20.3. The standard InChI is InChI=1S/C21H32N2O2.2ClH/c1-2-6-20(24)21(19-7-4-3-5-8-19)9-11-22(12-10-21)13-14-23-15-17-25-18-16-23;;/h3-5,7-8H,2,6,9-18H2,1H3;2*1H. The molecule has 1 aromatic rings. The van der Waals surface area contributed by atoms with Crippen LogP contribution < -0.4 is 0 Å². The number of nitrogens with zero attached hydrogens (tertiary/aromatic N) is 2. The molecule has 0 bridgehead atoms. The van der Waals surface area contributed by atoms with Crippen LogP contribution in [-0.4, -0.2) is 68.1 Å². The van der Waals surface area contributed by atoms with Gasteiger partial charge in [-0.15, -0.1) is 24.8 Å². The van der Waals surface area contributed by atoms with E-state index >= 15 is 0 Å². The Morgan fingerprint density at radius 1 is 0.963 bits per heavy atom. The fourth-order valence-corrected chi connectivity index (χ4v) is 4.22. The zero-order chi connectivity index (χ0) is 17.5. The van der Waals surface area contributed by atoms with Gasteiger partial charge in [-0.2, -0.15) is 0 Å². The van der Waals surface area contributed by atoms with E-state index in [-0.39, 0.29) is 30.2 Å². The van der Waals surface area contributed by atoms with Gasteiger partial charge in [-0.05, 0) is 37.9 Å². The van der Waals surface area contributed by atoms with Crippen molar-refractivity contribution in [1.29, 1.82) is 0 Å². The average molecular weight is 417 g/mol. The summed E-state index contributed by atoms with van der Waals surface area (Å²) in [5.41, 5.74) is 0.966. The van der Waals surface area contributed by atoms with Gasteiger partial charge in [0.05, 0.1) is 18.6 Å². The second kappa shape index (κ2) is 12.0. The lowest BCUT2D eigenvalue weighted by Gasteiger charge is -2.42. The number of carbonyl (C=O) groups is 1. The molecule has 154 valence electrons. The summed E-state index contributed by atoms with van der Waals surface area (Å²) in [7, 11) is 0. The molecule has 6 heteroatoms. The predicted octanol–water partition coefficient (Wildman–Crippen LogP) is 3.57. The number of carbonyl (C=O) groups excluding carboxylic acids is 1. The maximum Gasteiger partial charge on any atom is 0.143 e. The monoisotopic (exact) mass is 416 g/mol. The van der Waals surface area contributed by atoms with Crippen LogP contribution >= 0.6 is 24.8 Å². The summed E-state index contributed by atoms with van der Waals surface area (Å²) >= 11 is 0. The minimum Gasteiger partial charge on any atom is -0.379 e. The van der Waals surface area contributed by atoms with Crippen LogP contribution in [0, 0.1) is 0 Å². The summed E-state index contributed by atoms with van der Waals surface area (Å²) < 4.78 is 5.42. The average Bonchev–Trinajstić information content (AvgIpc) is 2.68. The van der Waals surface area contributed by atoms with Crippen molar-refractivity contribution in [1.82, 2.24) is 9.80 Å². The Balaban J connectivity index is 0.00000182. The van der Waals surface area contributed by atoms with E-state index in [0.29, 0.717) is 12.2 Å². The van der Waals surface area contributed by atoms with E-state index in [1.54, 1.807) is 0 Å². The molecule has 0 radical (unpaired) electrons. The van der Waals surface area contributed by atoms with E-state index in [1.807, 2.05) is 6.07 Å². The molecule has 0 aliphatic carbocycles. The van der Waals surface area contributed by atoms with Gasteiger partial charge in [0.1, 0.15) is 5.78 Å². The highest BCUT2D eigenvalue weighted by Crippen LogP contribution is 2.37. The minimum atomic E-state index is -0.257. The molecule has 0 saturated carbocycles. The Kier molecular flexibility index (Phi) is 10.9. The highest BCUT2D eigenvalue weighted by molar-refractivity contribution is 5.90. The summed E-state index contributed by atoms with van der Waals surface area (Å²) in [6, 6.07) is 10.5. The van der Waals surface area contributed by atoms with Gasteiger partial charge in [0, 0.05) is 32.6 Å². The molecular formula is C21H34Cl2N2O2. The molecule has 0 atom stereocenters. The Morgan fingerprint density at radius 3 is 2.07 bits per heavy atom. The second-order valence-corrected chi connectivity index (χ2v) is 7.42. The van der Waals surface area contributed by atoms with E-state index < -0.39 is 0 Å². The van der Waals surface area contributed by atoms with Crippen LogP contribution in [0.25, 0.3) is 0 Å². The molecule has 2 aliphatic heterocycles. The summed E-state index contributed by atoms with van der Waals surface area (Å²) in [5, 5.41) is 0. The zero-order valence-electron chi connectivity index (χ0n) is 16.4. The first kappa shape index (κ1) is 24.4. The largest absolute Gasteiger partial charge is 0.379 e. The smallest absolute Gasteiger partial charge is 0.143 e. The molecule has 2 aliphatic rings. The summed E-state index contributed by atoms with van der Waals surface area (Å²) in [6.45, 7) is 10.2. The van der Waals surface area contributed by atoms with Gasteiger partial charge in [0.25, 0.3) is 0 Å². The zero-order valence-corrected chi connectivity index (χ0v) is 18.0. The first-order chi connectivity index (χ1) is 12.2. The van der Waals surface area contributed by atoms with Crippen molar-refractivity contribution in [3.8, 4) is 0 Å². The Labute approximate surface area is 176 Å². The lowest BCUT2D eigenvalue weighted by atomic mass is 9.68. The number of Topliss-reactive ketones (excluding diaryl/α,β-unsaturated/α-hetero) is 1. The molecule has 2 fully saturated rings. The van der Waals surface area contributed by atoms with Crippen molar-refractivity contribution in [3.05, 3.63) is 35.9 Å². The second-order valence-electron chi connectivity index (χ2n) is 7.42. The Bertz CT molecular complexity index is 542. The van der Waals surface area contributed by atoms with Crippen LogP contribution in [0.15, 0.2) is 30.3 Å². The number of piperidine rings is 1. The van der Waals surface area contributed by atoms with Crippen LogP contribution in [0.4, 0.5) is 0 Å². The molecule has 4 nitrogen and oxygen atoms in total. The van der Waals surface area contributed by atoms with E-state index in [2.05, 4.69) is 41.0 Å². The Hall–Kier alpha value is -0.650. The minimum absolute atomic E-state index is 0. The third-order valence-electron chi connectivity index (χ3n) is 5.88. The molecule has 27 heavy (non-hydrogen) atoms. The van der Waals surface area contributed by atoms with E-state index in [0.717, 1.165) is 71.7 Å². The molecule has 2 heterocycles. The van der Waals surface area contributed by atoms with Crippen molar-refractivity contribution < 1.29 is 9.53 Å². The quantitative estimate of drug-likeness (QED) is 0.679.